The van der Waals surface area contributed by atoms with Crippen LogP contribution in [0.1, 0.15) is 37.3 Å². The molecular weight excluding hydrogens is 370 g/mol. The summed E-state index contributed by atoms with van der Waals surface area (Å²) >= 11 is 0. The van der Waals surface area contributed by atoms with E-state index in [2.05, 4.69) is 0 Å². The third-order valence-electron chi connectivity index (χ3n) is 5.48. The minimum Gasteiger partial charge on any atom is -0.497 e. The summed E-state index contributed by atoms with van der Waals surface area (Å²) in [5.41, 5.74) is 6.17. The van der Waals surface area contributed by atoms with Crippen LogP contribution in [0.5, 0.6) is 11.5 Å². The number of hydrogen-bond donors (Lipinski definition) is 1. The van der Waals surface area contributed by atoms with Crippen LogP contribution < -0.4 is 15.2 Å². The molecular formula is C18H27N3O5S. The topological polar surface area (TPSA) is 102 Å². The summed E-state index contributed by atoms with van der Waals surface area (Å²) in [6.45, 7) is 1.09. The lowest BCUT2D eigenvalue weighted by atomic mass is 9.98. The highest BCUT2D eigenvalue weighted by Gasteiger charge is 2.41. The van der Waals surface area contributed by atoms with Gasteiger partial charge in [-0.25, -0.2) is 0 Å². The Morgan fingerprint density at radius 2 is 1.81 bits per heavy atom. The largest absolute Gasteiger partial charge is 0.497 e. The average molecular weight is 397 g/mol. The van der Waals surface area contributed by atoms with E-state index in [4.69, 9.17) is 15.2 Å². The number of benzene rings is 1. The predicted molar refractivity (Wildman–Crippen MR) is 101 cm³/mol. The molecule has 0 saturated carbocycles. The monoisotopic (exact) mass is 397 g/mol. The molecule has 0 spiro atoms. The highest BCUT2D eigenvalue weighted by atomic mass is 32.2. The third-order valence-corrected chi connectivity index (χ3v) is 7.53. The molecule has 9 heteroatoms. The van der Waals surface area contributed by atoms with Crippen molar-refractivity contribution in [2.45, 2.75) is 31.7 Å². The first-order valence-electron chi connectivity index (χ1n) is 9.16. The van der Waals surface area contributed by atoms with Gasteiger partial charge in [-0.05, 0) is 43.9 Å². The molecule has 0 bridgehead atoms. The maximum absolute atomic E-state index is 13.3. The lowest BCUT2D eigenvalue weighted by Gasteiger charge is -2.35. The molecule has 27 heavy (non-hydrogen) atoms. The van der Waals surface area contributed by atoms with Crippen LogP contribution >= 0.6 is 0 Å². The number of methoxy groups -OCH3 is 2. The summed E-state index contributed by atoms with van der Waals surface area (Å²) in [4.78, 5) is 11.4. The second kappa shape index (κ2) is 8.04. The second-order valence-corrected chi connectivity index (χ2v) is 8.84. The van der Waals surface area contributed by atoms with Crippen molar-refractivity contribution in [3.8, 4) is 11.5 Å². The molecule has 1 amide bonds. The van der Waals surface area contributed by atoms with Gasteiger partial charge in [0.25, 0.3) is 10.2 Å². The zero-order chi connectivity index (χ0) is 19.6. The van der Waals surface area contributed by atoms with Gasteiger partial charge in [0, 0.05) is 31.1 Å². The van der Waals surface area contributed by atoms with Gasteiger partial charge in [0.2, 0.25) is 5.91 Å². The van der Waals surface area contributed by atoms with Gasteiger partial charge in [-0.1, -0.05) is 0 Å². The number of piperidine rings is 1. The fraction of sp³-hybridized carbons (Fsp3) is 0.611. The van der Waals surface area contributed by atoms with Crippen LogP contribution in [0.25, 0.3) is 0 Å². The molecule has 8 nitrogen and oxygen atoms in total. The first-order chi connectivity index (χ1) is 12.9. The van der Waals surface area contributed by atoms with Crippen LogP contribution in [0.15, 0.2) is 18.2 Å². The van der Waals surface area contributed by atoms with Crippen LogP contribution in [0.4, 0.5) is 0 Å². The smallest absolute Gasteiger partial charge is 0.282 e. The number of carbonyl (C=O) groups excluding carboxylic acids is 1. The van der Waals surface area contributed by atoms with Crippen molar-refractivity contribution < 1.29 is 22.7 Å². The maximum atomic E-state index is 13.3. The Balaban J connectivity index is 1.85. The highest BCUT2D eigenvalue weighted by Crippen LogP contribution is 2.41. The van der Waals surface area contributed by atoms with E-state index in [1.54, 1.807) is 30.7 Å². The maximum Gasteiger partial charge on any atom is 0.282 e. The molecule has 0 aliphatic carbocycles. The lowest BCUT2D eigenvalue weighted by Crippen LogP contribution is -2.48. The fourth-order valence-electron chi connectivity index (χ4n) is 3.95. The van der Waals surface area contributed by atoms with E-state index in [-0.39, 0.29) is 17.9 Å². The van der Waals surface area contributed by atoms with Crippen LogP contribution in [0.2, 0.25) is 0 Å². The first kappa shape index (κ1) is 19.9. The van der Waals surface area contributed by atoms with Gasteiger partial charge in [-0.2, -0.15) is 17.0 Å². The van der Waals surface area contributed by atoms with Crippen molar-refractivity contribution in [3.63, 3.8) is 0 Å². The van der Waals surface area contributed by atoms with E-state index in [1.807, 2.05) is 6.07 Å². The van der Waals surface area contributed by atoms with Gasteiger partial charge in [-0.15, -0.1) is 0 Å². The number of amides is 1. The van der Waals surface area contributed by atoms with Gasteiger partial charge in [0.05, 0.1) is 20.3 Å². The molecule has 2 aliphatic rings. The predicted octanol–water partition coefficient (Wildman–Crippen LogP) is 1.28. The van der Waals surface area contributed by atoms with Gasteiger partial charge >= 0.3 is 0 Å². The Bertz CT molecular complexity index is 790. The molecule has 1 aromatic rings. The zero-order valence-electron chi connectivity index (χ0n) is 15.8. The summed E-state index contributed by atoms with van der Waals surface area (Å²) in [5, 5.41) is 0. The van der Waals surface area contributed by atoms with Crippen molar-refractivity contribution in [1.82, 2.24) is 8.61 Å². The Kier molecular flexibility index (Phi) is 5.92. The molecule has 2 saturated heterocycles. The van der Waals surface area contributed by atoms with E-state index >= 15 is 0 Å². The number of nitrogens with two attached hydrogens (primary N) is 1. The summed E-state index contributed by atoms with van der Waals surface area (Å²) < 4.78 is 40.3. The molecule has 2 aliphatic heterocycles. The Morgan fingerprint density at radius 1 is 1.11 bits per heavy atom. The Labute approximate surface area is 160 Å². The molecule has 3 rings (SSSR count). The number of rotatable bonds is 6. The normalized spacial score (nSPS) is 22.7. The summed E-state index contributed by atoms with van der Waals surface area (Å²) in [6.07, 6.45) is 2.44. The molecule has 0 radical (unpaired) electrons. The van der Waals surface area contributed by atoms with E-state index in [0.29, 0.717) is 44.0 Å². The number of nitrogens with zero attached hydrogens (tertiary/aromatic N) is 2. The average Bonchev–Trinajstić information content (AvgIpc) is 3.18. The van der Waals surface area contributed by atoms with E-state index in [9.17, 15) is 13.2 Å². The molecule has 2 N–H and O–H groups in total. The molecule has 1 atom stereocenters. The number of primary amides is 1. The SMILES string of the molecule is COc1ccc(OC)c([C@H]2CCCN2S(=O)(=O)N2CCC(C(N)=O)CC2)c1. The van der Waals surface area contributed by atoms with Gasteiger partial charge in [0.1, 0.15) is 11.5 Å². The van der Waals surface area contributed by atoms with Crippen molar-refractivity contribution in [2.75, 3.05) is 33.9 Å². The highest BCUT2D eigenvalue weighted by molar-refractivity contribution is 7.86. The van der Waals surface area contributed by atoms with E-state index in [1.165, 1.54) is 4.31 Å². The minimum absolute atomic E-state index is 0.246. The molecule has 1 aromatic carbocycles. The Morgan fingerprint density at radius 3 is 2.41 bits per heavy atom. The second-order valence-electron chi connectivity index (χ2n) is 6.96. The fourth-order valence-corrected chi connectivity index (χ4v) is 5.82. The van der Waals surface area contributed by atoms with Crippen LogP contribution in [0.3, 0.4) is 0 Å². The summed E-state index contributed by atoms with van der Waals surface area (Å²) in [7, 11) is -0.476. The van der Waals surface area contributed by atoms with Crippen molar-refractivity contribution in [3.05, 3.63) is 23.8 Å². The first-order valence-corrected chi connectivity index (χ1v) is 10.6. The number of carbonyl (C=O) groups is 1. The quantitative estimate of drug-likeness (QED) is 0.779. The molecule has 2 fully saturated rings. The number of hydrogen-bond acceptors (Lipinski definition) is 5. The van der Waals surface area contributed by atoms with Crippen molar-refractivity contribution in [1.29, 1.82) is 0 Å². The van der Waals surface area contributed by atoms with Crippen LogP contribution in [0, 0.1) is 5.92 Å². The molecule has 2 heterocycles. The van der Waals surface area contributed by atoms with Gasteiger partial charge in [-0.3, -0.25) is 4.79 Å². The minimum atomic E-state index is -3.63. The molecule has 0 unspecified atom stereocenters. The summed E-state index contributed by atoms with van der Waals surface area (Å²) in [6, 6.07) is 5.14. The third kappa shape index (κ3) is 3.90. The Hall–Kier alpha value is -1.84. The van der Waals surface area contributed by atoms with E-state index in [0.717, 1.165) is 18.4 Å². The molecule has 0 aromatic heterocycles. The van der Waals surface area contributed by atoms with E-state index < -0.39 is 10.2 Å². The van der Waals surface area contributed by atoms with Gasteiger partial charge in [0.15, 0.2) is 0 Å². The van der Waals surface area contributed by atoms with Crippen molar-refractivity contribution >= 4 is 16.1 Å². The van der Waals surface area contributed by atoms with Gasteiger partial charge < -0.3 is 15.2 Å². The van der Waals surface area contributed by atoms with Crippen LogP contribution in [-0.2, 0) is 15.0 Å². The number of ether oxygens (including phenoxy) is 2. The lowest BCUT2D eigenvalue weighted by molar-refractivity contribution is -0.122. The zero-order valence-corrected chi connectivity index (χ0v) is 16.6. The molecule has 150 valence electrons. The summed E-state index contributed by atoms with van der Waals surface area (Å²) in [5.74, 6) is 0.712. The van der Waals surface area contributed by atoms with Crippen LogP contribution in [-0.4, -0.2) is 56.8 Å². The standard InChI is InChI=1S/C18H27N3O5S/c1-25-14-5-6-17(26-2)15(12-14)16-4-3-9-21(16)27(23,24)20-10-7-13(8-11-20)18(19)22/h5-6,12-13,16H,3-4,7-11H2,1-2H3,(H2,19,22)/t16-/m1/s1. The van der Waals surface area contributed by atoms with Crippen molar-refractivity contribution in [2.24, 2.45) is 11.7 Å².